The minimum Gasteiger partial charge on any atom is -0.457 e. The number of para-hydroxylation sites is 1. The molecule has 0 aliphatic carbocycles. The summed E-state index contributed by atoms with van der Waals surface area (Å²) in [6.45, 7) is 1.98. The highest BCUT2D eigenvalue weighted by molar-refractivity contribution is 7.10. The molecule has 23 heavy (non-hydrogen) atoms. The first-order valence-corrected chi connectivity index (χ1v) is 8.27. The quantitative estimate of drug-likeness (QED) is 0.715. The van der Waals surface area contributed by atoms with Crippen molar-refractivity contribution in [1.29, 1.82) is 0 Å². The van der Waals surface area contributed by atoms with Crippen LogP contribution in [-0.2, 0) is 0 Å². The fourth-order valence-corrected chi connectivity index (χ4v) is 2.95. The minimum absolute atomic E-state index is 0.0128. The lowest BCUT2D eigenvalue weighted by atomic mass is 10.2. The molecule has 2 aromatic carbocycles. The topological polar surface area (TPSA) is 38.3 Å². The van der Waals surface area contributed by atoms with Crippen molar-refractivity contribution in [2.24, 2.45) is 0 Å². The van der Waals surface area contributed by atoms with E-state index >= 15 is 0 Å². The van der Waals surface area contributed by atoms with E-state index in [0.717, 1.165) is 10.6 Å². The van der Waals surface area contributed by atoms with Crippen LogP contribution >= 0.6 is 11.3 Å². The van der Waals surface area contributed by atoms with E-state index in [1.165, 1.54) is 0 Å². The summed E-state index contributed by atoms with van der Waals surface area (Å²) in [6.07, 6.45) is 0. The summed E-state index contributed by atoms with van der Waals surface area (Å²) in [7, 11) is 0. The van der Waals surface area contributed by atoms with Gasteiger partial charge in [-0.2, -0.15) is 0 Å². The zero-order valence-corrected chi connectivity index (χ0v) is 13.5. The van der Waals surface area contributed by atoms with Crippen molar-refractivity contribution in [3.8, 4) is 11.5 Å². The van der Waals surface area contributed by atoms with Gasteiger partial charge in [0.25, 0.3) is 5.91 Å². The van der Waals surface area contributed by atoms with Crippen LogP contribution in [0.15, 0.2) is 72.1 Å². The second-order valence-corrected chi connectivity index (χ2v) is 6.13. The Balaban J connectivity index is 1.70. The van der Waals surface area contributed by atoms with Crippen molar-refractivity contribution < 1.29 is 9.53 Å². The van der Waals surface area contributed by atoms with E-state index in [4.69, 9.17) is 4.74 Å². The van der Waals surface area contributed by atoms with Crippen LogP contribution in [0.4, 0.5) is 0 Å². The number of ether oxygens (including phenoxy) is 1. The van der Waals surface area contributed by atoms with Crippen LogP contribution in [0.1, 0.15) is 28.2 Å². The second-order valence-electron chi connectivity index (χ2n) is 5.15. The van der Waals surface area contributed by atoms with Gasteiger partial charge in [-0.1, -0.05) is 30.3 Å². The molecule has 0 saturated carbocycles. The van der Waals surface area contributed by atoms with Gasteiger partial charge in [-0.25, -0.2) is 0 Å². The average Bonchev–Trinajstić information content (AvgIpc) is 3.10. The number of amides is 1. The molecule has 4 heteroatoms. The molecule has 1 atom stereocenters. The molecule has 0 aliphatic heterocycles. The lowest BCUT2D eigenvalue weighted by Gasteiger charge is -2.13. The molecule has 0 radical (unpaired) electrons. The molecule has 3 aromatic rings. The molecule has 0 bridgehead atoms. The fourth-order valence-electron chi connectivity index (χ4n) is 2.21. The normalized spacial score (nSPS) is 11.7. The molecular weight excluding hydrogens is 306 g/mol. The molecule has 0 unspecified atom stereocenters. The number of nitrogens with one attached hydrogen (secondary N) is 1. The first-order chi connectivity index (χ1) is 11.2. The Morgan fingerprint density at radius 1 is 1.00 bits per heavy atom. The Morgan fingerprint density at radius 3 is 2.52 bits per heavy atom. The number of carbonyl (C=O) groups is 1. The summed E-state index contributed by atoms with van der Waals surface area (Å²) in [5, 5.41) is 5.01. The maximum Gasteiger partial charge on any atom is 0.251 e. The van der Waals surface area contributed by atoms with Crippen LogP contribution in [0.25, 0.3) is 0 Å². The number of benzene rings is 2. The van der Waals surface area contributed by atoms with Gasteiger partial charge in [0.1, 0.15) is 11.5 Å². The maximum absolute atomic E-state index is 12.4. The molecule has 1 aromatic heterocycles. The van der Waals surface area contributed by atoms with Gasteiger partial charge >= 0.3 is 0 Å². The van der Waals surface area contributed by atoms with Gasteiger partial charge in [-0.05, 0) is 48.7 Å². The van der Waals surface area contributed by atoms with Crippen LogP contribution in [0.2, 0.25) is 0 Å². The molecule has 116 valence electrons. The molecule has 3 rings (SSSR count). The van der Waals surface area contributed by atoms with Crippen molar-refractivity contribution in [2.45, 2.75) is 13.0 Å². The zero-order chi connectivity index (χ0) is 16.1. The van der Waals surface area contributed by atoms with Crippen molar-refractivity contribution in [1.82, 2.24) is 5.32 Å². The number of carbonyl (C=O) groups excluding carboxylic acids is 1. The Morgan fingerprint density at radius 2 is 1.78 bits per heavy atom. The molecule has 0 spiro atoms. The molecule has 1 heterocycles. The number of thiophene rings is 1. The summed E-state index contributed by atoms with van der Waals surface area (Å²) in [6, 6.07) is 20.7. The molecule has 0 saturated heterocycles. The number of rotatable bonds is 5. The number of hydrogen-bond acceptors (Lipinski definition) is 3. The molecule has 1 amide bonds. The van der Waals surface area contributed by atoms with Crippen molar-refractivity contribution in [2.75, 3.05) is 0 Å². The van der Waals surface area contributed by atoms with Crippen LogP contribution in [0.5, 0.6) is 11.5 Å². The van der Waals surface area contributed by atoms with Gasteiger partial charge in [0, 0.05) is 10.4 Å². The van der Waals surface area contributed by atoms with Crippen LogP contribution in [0.3, 0.4) is 0 Å². The van der Waals surface area contributed by atoms with Crippen LogP contribution in [-0.4, -0.2) is 5.91 Å². The fraction of sp³-hybridized carbons (Fsp3) is 0.105. The standard InChI is InChI=1S/C19H17NO2S/c1-14(18-11-6-12-23-18)20-19(21)15-7-5-10-17(13-15)22-16-8-3-2-4-9-16/h2-14H,1H3,(H,20,21)/t14-/m0/s1. The predicted molar refractivity (Wildman–Crippen MR) is 93.2 cm³/mol. The van der Waals surface area contributed by atoms with Gasteiger partial charge in [-0.3, -0.25) is 4.79 Å². The highest BCUT2D eigenvalue weighted by Crippen LogP contribution is 2.23. The molecular formula is C19H17NO2S. The summed E-state index contributed by atoms with van der Waals surface area (Å²) in [5.41, 5.74) is 0.585. The Labute approximate surface area is 139 Å². The predicted octanol–water partition coefficient (Wildman–Crippen LogP) is 5.03. The Hall–Kier alpha value is -2.59. The van der Waals surface area contributed by atoms with Crippen molar-refractivity contribution in [3.63, 3.8) is 0 Å². The summed E-state index contributed by atoms with van der Waals surface area (Å²) < 4.78 is 5.77. The van der Waals surface area contributed by atoms with Crippen molar-refractivity contribution in [3.05, 3.63) is 82.6 Å². The maximum atomic E-state index is 12.4. The van der Waals surface area contributed by atoms with Crippen LogP contribution < -0.4 is 10.1 Å². The van der Waals surface area contributed by atoms with Gasteiger partial charge in [0.05, 0.1) is 6.04 Å². The largest absolute Gasteiger partial charge is 0.457 e. The molecule has 0 fully saturated rings. The van der Waals surface area contributed by atoms with Gasteiger partial charge in [-0.15, -0.1) is 11.3 Å². The third kappa shape index (κ3) is 3.99. The van der Waals surface area contributed by atoms with Crippen molar-refractivity contribution >= 4 is 17.2 Å². The second kappa shape index (κ2) is 7.11. The lowest BCUT2D eigenvalue weighted by Crippen LogP contribution is -2.26. The van der Waals surface area contributed by atoms with Gasteiger partial charge in [0.2, 0.25) is 0 Å². The summed E-state index contributed by atoms with van der Waals surface area (Å²) in [4.78, 5) is 13.5. The summed E-state index contributed by atoms with van der Waals surface area (Å²) >= 11 is 1.63. The number of hydrogen-bond donors (Lipinski definition) is 1. The van der Waals surface area contributed by atoms with Crippen LogP contribution in [0, 0.1) is 0 Å². The van der Waals surface area contributed by atoms with E-state index in [1.54, 1.807) is 23.5 Å². The zero-order valence-electron chi connectivity index (χ0n) is 12.7. The summed E-state index contributed by atoms with van der Waals surface area (Å²) in [5.74, 6) is 1.29. The highest BCUT2D eigenvalue weighted by Gasteiger charge is 2.12. The van der Waals surface area contributed by atoms with E-state index in [9.17, 15) is 4.79 Å². The third-order valence-corrected chi connectivity index (χ3v) is 4.45. The van der Waals surface area contributed by atoms with Gasteiger partial charge in [0.15, 0.2) is 0 Å². The first-order valence-electron chi connectivity index (χ1n) is 7.39. The average molecular weight is 323 g/mol. The lowest BCUT2D eigenvalue weighted by molar-refractivity contribution is 0.0940. The van der Waals surface area contributed by atoms with Gasteiger partial charge < -0.3 is 10.1 Å². The SMILES string of the molecule is C[C@H](NC(=O)c1cccc(Oc2ccccc2)c1)c1cccs1. The van der Waals surface area contributed by atoms with E-state index in [0.29, 0.717) is 11.3 Å². The minimum atomic E-state index is -0.107. The molecule has 1 N–H and O–H groups in total. The van der Waals surface area contributed by atoms with E-state index in [-0.39, 0.29) is 11.9 Å². The Bertz CT molecular complexity index is 769. The van der Waals surface area contributed by atoms with E-state index in [1.807, 2.05) is 66.9 Å². The van der Waals surface area contributed by atoms with E-state index < -0.39 is 0 Å². The molecule has 0 aliphatic rings. The first kappa shape index (κ1) is 15.3. The smallest absolute Gasteiger partial charge is 0.251 e. The van der Waals surface area contributed by atoms with E-state index in [2.05, 4.69) is 5.32 Å². The Kier molecular flexibility index (Phi) is 4.74. The third-order valence-electron chi connectivity index (χ3n) is 3.39. The monoisotopic (exact) mass is 323 g/mol. The molecule has 3 nitrogen and oxygen atoms in total. The highest BCUT2D eigenvalue weighted by atomic mass is 32.1.